The molecular formula is C8H9N3O3S2. The minimum absolute atomic E-state index is 0.233. The van der Waals surface area contributed by atoms with Crippen molar-refractivity contribution < 1.29 is 12.8 Å². The van der Waals surface area contributed by atoms with E-state index in [0.29, 0.717) is 12.3 Å². The first-order chi connectivity index (χ1) is 7.55. The molecule has 0 aliphatic heterocycles. The van der Waals surface area contributed by atoms with E-state index in [2.05, 4.69) is 10.3 Å². The molecule has 0 saturated carbocycles. The van der Waals surface area contributed by atoms with Crippen molar-refractivity contribution in [1.82, 2.24) is 4.98 Å². The standard InChI is InChI=1S/C8H9N3O3S2/c9-16(12,13)7-2-1-6(14-7)5-11-8-10-3-4-15-8/h1-4H,5H2,(H,10,11)(H2,9,12,13). The second-order valence-corrected chi connectivity index (χ2v) is 5.34. The van der Waals surface area contributed by atoms with E-state index in [0.717, 1.165) is 5.13 Å². The van der Waals surface area contributed by atoms with Gasteiger partial charge in [-0.3, -0.25) is 0 Å². The van der Waals surface area contributed by atoms with Gasteiger partial charge < -0.3 is 9.73 Å². The molecule has 0 fully saturated rings. The fraction of sp³-hybridized carbons (Fsp3) is 0.125. The average molecular weight is 259 g/mol. The van der Waals surface area contributed by atoms with Crippen LogP contribution in [0.4, 0.5) is 5.13 Å². The fourth-order valence-electron chi connectivity index (χ4n) is 1.08. The van der Waals surface area contributed by atoms with Crippen molar-refractivity contribution in [2.24, 2.45) is 5.14 Å². The number of hydrogen-bond acceptors (Lipinski definition) is 6. The van der Waals surface area contributed by atoms with Crippen LogP contribution >= 0.6 is 11.3 Å². The van der Waals surface area contributed by atoms with E-state index >= 15 is 0 Å². The van der Waals surface area contributed by atoms with Crippen molar-refractivity contribution in [2.45, 2.75) is 11.6 Å². The molecule has 0 spiro atoms. The van der Waals surface area contributed by atoms with Gasteiger partial charge >= 0.3 is 0 Å². The van der Waals surface area contributed by atoms with E-state index in [1.807, 2.05) is 5.38 Å². The Labute approximate surface area is 96.2 Å². The highest BCUT2D eigenvalue weighted by atomic mass is 32.2. The summed E-state index contributed by atoms with van der Waals surface area (Å²) in [4.78, 5) is 4.01. The molecule has 0 aromatic carbocycles. The molecule has 2 rings (SSSR count). The van der Waals surface area contributed by atoms with Gasteiger partial charge in [0.1, 0.15) is 5.76 Å². The summed E-state index contributed by atoms with van der Waals surface area (Å²) in [5.74, 6) is 0.485. The lowest BCUT2D eigenvalue weighted by molar-refractivity contribution is 0.419. The second-order valence-electron chi connectivity index (χ2n) is 2.96. The highest BCUT2D eigenvalue weighted by Crippen LogP contribution is 2.15. The quantitative estimate of drug-likeness (QED) is 0.853. The highest BCUT2D eigenvalue weighted by molar-refractivity contribution is 7.89. The Morgan fingerprint density at radius 3 is 2.88 bits per heavy atom. The zero-order chi connectivity index (χ0) is 11.6. The lowest BCUT2D eigenvalue weighted by Gasteiger charge is -1.98. The molecule has 0 unspecified atom stereocenters. The maximum atomic E-state index is 10.9. The number of nitrogens with two attached hydrogens (primary N) is 1. The molecular weight excluding hydrogens is 250 g/mol. The van der Waals surface area contributed by atoms with Gasteiger partial charge in [0.15, 0.2) is 5.13 Å². The summed E-state index contributed by atoms with van der Waals surface area (Å²) in [6.07, 6.45) is 1.67. The highest BCUT2D eigenvalue weighted by Gasteiger charge is 2.12. The van der Waals surface area contributed by atoms with Crippen LogP contribution < -0.4 is 10.5 Å². The van der Waals surface area contributed by atoms with Crippen LogP contribution in [0.3, 0.4) is 0 Å². The van der Waals surface area contributed by atoms with Crippen molar-refractivity contribution in [3.63, 3.8) is 0 Å². The van der Waals surface area contributed by atoms with Crippen molar-refractivity contribution in [3.8, 4) is 0 Å². The van der Waals surface area contributed by atoms with Crippen LogP contribution in [0.1, 0.15) is 5.76 Å². The maximum absolute atomic E-state index is 10.9. The van der Waals surface area contributed by atoms with Gasteiger partial charge in [-0.2, -0.15) is 0 Å². The number of sulfonamides is 1. The van der Waals surface area contributed by atoms with Crippen LogP contribution in [0.15, 0.2) is 33.2 Å². The number of hydrogen-bond donors (Lipinski definition) is 2. The first-order valence-electron chi connectivity index (χ1n) is 4.30. The lowest BCUT2D eigenvalue weighted by Crippen LogP contribution is -2.10. The van der Waals surface area contributed by atoms with Crippen molar-refractivity contribution in [2.75, 3.05) is 5.32 Å². The number of aromatic nitrogens is 1. The molecule has 8 heteroatoms. The summed E-state index contributed by atoms with van der Waals surface area (Å²) in [6, 6.07) is 2.88. The van der Waals surface area contributed by atoms with Gasteiger partial charge in [0.2, 0.25) is 5.09 Å². The molecule has 2 aromatic heterocycles. The molecule has 2 heterocycles. The number of thiazole rings is 1. The van der Waals surface area contributed by atoms with Gasteiger partial charge in [0.05, 0.1) is 6.54 Å². The SMILES string of the molecule is NS(=O)(=O)c1ccc(CNc2nccs2)o1. The van der Waals surface area contributed by atoms with Crippen LogP contribution in [0.2, 0.25) is 0 Å². The third-order valence-corrected chi connectivity index (χ3v) is 3.27. The van der Waals surface area contributed by atoms with Crippen LogP contribution in [0, 0.1) is 0 Å². The van der Waals surface area contributed by atoms with Crippen LogP contribution in [0.25, 0.3) is 0 Å². The van der Waals surface area contributed by atoms with E-state index in [4.69, 9.17) is 9.56 Å². The Morgan fingerprint density at radius 2 is 2.31 bits per heavy atom. The zero-order valence-corrected chi connectivity index (χ0v) is 9.72. The molecule has 2 aromatic rings. The van der Waals surface area contributed by atoms with Gasteiger partial charge in [0.25, 0.3) is 10.0 Å². The summed E-state index contributed by atoms with van der Waals surface area (Å²) in [7, 11) is -3.76. The smallest absolute Gasteiger partial charge is 0.271 e. The third-order valence-electron chi connectivity index (χ3n) is 1.76. The van der Waals surface area contributed by atoms with Crippen molar-refractivity contribution in [1.29, 1.82) is 0 Å². The fourth-order valence-corrected chi connectivity index (χ4v) is 2.09. The predicted octanol–water partition coefficient (Wildman–Crippen LogP) is 0.996. The minimum atomic E-state index is -3.76. The Bertz CT molecular complexity index is 559. The molecule has 0 aliphatic rings. The molecule has 0 aliphatic carbocycles. The third kappa shape index (κ3) is 2.60. The monoisotopic (exact) mass is 259 g/mol. The molecule has 3 N–H and O–H groups in total. The maximum Gasteiger partial charge on any atom is 0.271 e. The number of nitrogens with zero attached hydrogens (tertiary/aromatic N) is 1. The van der Waals surface area contributed by atoms with E-state index in [-0.39, 0.29) is 5.09 Å². The van der Waals surface area contributed by atoms with Crippen LogP contribution in [-0.4, -0.2) is 13.4 Å². The van der Waals surface area contributed by atoms with Crippen LogP contribution in [0.5, 0.6) is 0 Å². The number of furan rings is 1. The molecule has 6 nitrogen and oxygen atoms in total. The van der Waals surface area contributed by atoms with E-state index in [9.17, 15) is 8.42 Å². The van der Waals surface area contributed by atoms with E-state index in [1.54, 1.807) is 12.3 Å². The largest absolute Gasteiger partial charge is 0.446 e. The average Bonchev–Trinajstić information content (AvgIpc) is 2.85. The molecule has 0 radical (unpaired) electrons. The summed E-state index contributed by atoms with van der Waals surface area (Å²) in [5, 5.41) is 10.2. The Balaban J connectivity index is 2.04. The lowest BCUT2D eigenvalue weighted by atomic mass is 10.4. The molecule has 0 amide bonds. The summed E-state index contributed by atoms with van der Waals surface area (Å²) in [5.41, 5.74) is 0. The first kappa shape index (κ1) is 11.1. The first-order valence-corrected chi connectivity index (χ1v) is 6.73. The predicted molar refractivity (Wildman–Crippen MR) is 59.5 cm³/mol. The Morgan fingerprint density at radius 1 is 1.50 bits per heavy atom. The Hall–Kier alpha value is -1.38. The van der Waals surface area contributed by atoms with E-state index < -0.39 is 10.0 Å². The topological polar surface area (TPSA) is 98.2 Å². The van der Waals surface area contributed by atoms with Gasteiger partial charge in [-0.05, 0) is 12.1 Å². The summed E-state index contributed by atoms with van der Waals surface area (Å²) in [6.45, 7) is 0.364. The van der Waals surface area contributed by atoms with Gasteiger partial charge in [-0.15, -0.1) is 11.3 Å². The molecule has 86 valence electrons. The molecule has 16 heavy (non-hydrogen) atoms. The number of rotatable bonds is 4. The minimum Gasteiger partial charge on any atom is -0.446 e. The summed E-state index contributed by atoms with van der Waals surface area (Å²) < 4.78 is 26.9. The number of anilines is 1. The van der Waals surface area contributed by atoms with Gasteiger partial charge in [0, 0.05) is 11.6 Å². The molecule has 0 bridgehead atoms. The number of nitrogens with one attached hydrogen (secondary N) is 1. The van der Waals surface area contributed by atoms with Crippen LogP contribution in [-0.2, 0) is 16.6 Å². The van der Waals surface area contributed by atoms with Crippen molar-refractivity contribution in [3.05, 3.63) is 29.5 Å². The van der Waals surface area contributed by atoms with E-state index in [1.165, 1.54) is 17.4 Å². The number of primary sulfonamides is 1. The van der Waals surface area contributed by atoms with Crippen molar-refractivity contribution >= 4 is 26.5 Å². The summed E-state index contributed by atoms with van der Waals surface area (Å²) >= 11 is 1.45. The molecule has 0 atom stereocenters. The second kappa shape index (κ2) is 4.24. The van der Waals surface area contributed by atoms with Gasteiger partial charge in [-0.1, -0.05) is 0 Å². The normalized spacial score (nSPS) is 11.6. The Kier molecular flexibility index (Phi) is 2.95. The zero-order valence-electron chi connectivity index (χ0n) is 8.08. The van der Waals surface area contributed by atoms with Gasteiger partial charge in [-0.25, -0.2) is 18.5 Å². The molecule has 0 saturated heterocycles.